The third-order valence-corrected chi connectivity index (χ3v) is 5.93. The Morgan fingerprint density at radius 3 is 2.57 bits per heavy atom. The third-order valence-electron chi connectivity index (χ3n) is 5.93. The first-order chi connectivity index (χ1) is 14.7. The van der Waals surface area contributed by atoms with Crippen LogP contribution in [0.1, 0.15) is 21.6 Å². The molecule has 4 heteroatoms. The largest absolute Gasteiger partial charge is 0.465 e. The molecule has 0 fully saturated rings. The van der Waals surface area contributed by atoms with E-state index >= 15 is 0 Å². The van der Waals surface area contributed by atoms with E-state index in [4.69, 9.17) is 4.74 Å². The quantitative estimate of drug-likeness (QED) is 0.450. The van der Waals surface area contributed by atoms with E-state index in [9.17, 15) is 4.79 Å². The standard InChI is InChI=1S/C26H24N2O2/c1-30-26(29)20-11-12-25-22(15-20)16-23-18-27(13-14-28(23)25)17-21-9-5-6-10-24(21)19-7-3-2-4-8-19/h2-12,15-16H,13-14,17-18H2,1H3. The summed E-state index contributed by atoms with van der Waals surface area (Å²) in [4.78, 5) is 14.4. The van der Waals surface area contributed by atoms with Gasteiger partial charge in [0, 0.05) is 42.8 Å². The number of hydrogen-bond donors (Lipinski definition) is 0. The summed E-state index contributed by atoms with van der Waals surface area (Å²) in [7, 11) is 1.42. The maximum Gasteiger partial charge on any atom is 0.337 e. The lowest BCUT2D eigenvalue weighted by Gasteiger charge is -2.29. The molecule has 4 nitrogen and oxygen atoms in total. The molecule has 0 bridgehead atoms. The van der Waals surface area contributed by atoms with E-state index in [1.54, 1.807) is 0 Å². The summed E-state index contributed by atoms with van der Waals surface area (Å²) in [6, 6.07) is 27.3. The lowest BCUT2D eigenvalue weighted by atomic mass is 9.99. The summed E-state index contributed by atoms with van der Waals surface area (Å²) in [6.45, 7) is 3.76. The number of hydrogen-bond acceptors (Lipinski definition) is 3. The number of esters is 1. The second-order valence-corrected chi connectivity index (χ2v) is 7.79. The fourth-order valence-corrected chi connectivity index (χ4v) is 4.45. The molecule has 30 heavy (non-hydrogen) atoms. The van der Waals surface area contributed by atoms with Gasteiger partial charge in [-0.25, -0.2) is 4.79 Å². The van der Waals surface area contributed by atoms with Gasteiger partial charge < -0.3 is 9.30 Å². The van der Waals surface area contributed by atoms with E-state index in [0.29, 0.717) is 5.56 Å². The number of fused-ring (bicyclic) bond motifs is 3. The van der Waals surface area contributed by atoms with Gasteiger partial charge in [0.2, 0.25) is 0 Å². The van der Waals surface area contributed by atoms with Crippen molar-refractivity contribution in [1.82, 2.24) is 9.47 Å². The van der Waals surface area contributed by atoms with Crippen LogP contribution >= 0.6 is 0 Å². The van der Waals surface area contributed by atoms with E-state index in [0.717, 1.165) is 31.6 Å². The van der Waals surface area contributed by atoms with Crippen LogP contribution in [0, 0.1) is 0 Å². The van der Waals surface area contributed by atoms with Crippen molar-refractivity contribution in [2.75, 3.05) is 13.7 Å². The zero-order valence-corrected chi connectivity index (χ0v) is 17.0. The first kappa shape index (κ1) is 18.6. The molecular formula is C26H24N2O2. The van der Waals surface area contributed by atoms with Crippen molar-refractivity contribution in [3.8, 4) is 11.1 Å². The van der Waals surface area contributed by atoms with Crippen LogP contribution in [-0.2, 0) is 24.4 Å². The van der Waals surface area contributed by atoms with E-state index in [2.05, 4.69) is 70.1 Å². The number of carbonyl (C=O) groups is 1. The lowest BCUT2D eigenvalue weighted by molar-refractivity contribution is 0.0601. The lowest BCUT2D eigenvalue weighted by Crippen LogP contribution is -2.33. The molecule has 1 aliphatic rings. The van der Waals surface area contributed by atoms with Crippen molar-refractivity contribution >= 4 is 16.9 Å². The molecule has 3 aromatic carbocycles. The van der Waals surface area contributed by atoms with Gasteiger partial charge in [0.25, 0.3) is 0 Å². The van der Waals surface area contributed by atoms with Gasteiger partial charge in [-0.2, -0.15) is 0 Å². The normalized spacial score (nSPS) is 13.9. The maximum atomic E-state index is 11.9. The first-order valence-corrected chi connectivity index (χ1v) is 10.3. The van der Waals surface area contributed by atoms with Crippen molar-refractivity contribution in [1.29, 1.82) is 0 Å². The first-order valence-electron chi connectivity index (χ1n) is 10.3. The second-order valence-electron chi connectivity index (χ2n) is 7.79. The number of carbonyl (C=O) groups excluding carboxylic acids is 1. The Kier molecular flexibility index (Phi) is 4.85. The number of benzene rings is 3. The number of aromatic nitrogens is 1. The van der Waals surface area contributed by atoms with Gasteiger partial charge in [-0.05, 0) is 41.0 Å². The molecule has 5 rings (SSSR count). The number of ether oxygens (including phenoxy) is 1. The topological polar surface area (TPSA) is 34.5 Å². The summed E-state index contributed by atoms with van der Waals surface area (Å²) in [6.07, 6.45) is 0. The molecule has 0 aliphatic carbocycles. The van der Waals surface area contributed by atoms with Crippen molar-refractivity contribution < 1.29 is 9.53 Å². The highest BCUT2D eigenvalue weighted by Gasteiger charge is 2.20. The fraction of sp³-hybridized carbons (Fsp3) is 0.192. The van der Waals surface area contributed by atoms with Crippen LogP contribution < -0.4 is 0 Å². The van der Waals surface area contributed by atoms with E-state index < -0.39 is 0 Å². The van der Waals surface area contributed by atoms with Gasteiger partial charge >= 0.3 is 5.97 Å². The SMILES string of the molecule is COC(=O)c1ccc2c(c1)cc1n2CCN(Cc2ccccc2-c2ccccc2)C1. The summed E-state index contributed by atoms with van der Waals surface area (Å²) < 4.78 is 7.24. The molecule has 0 spiro atoms. The predicted molar refractivity (Wildman–Crippen MR) is 119 cm³/mol. The molecule has 0 N–H and O–H groups in total. The van der Waals surface area contributed by atoms with Crippen LogP contribution in [0.2, 0.25) is 0 Å². The Bertz CT molecular complexity index is 1210. The second kappa shape index (κ2) is 7.81. The summed E-state index contributed by atoms with van der Waals surface area (Å²) in [5.41, 5.74) is 6.97. The van der Waals surface area contributed by atoms with E-state index in [1.165, 1.54) is 35.0 Å². The molecule has 1 aliphatic heterocycles. The fourth-order valence-electron chi connectivity index (χ4n) is 4.45. The Morgan fingerprint density at radius 2 is 1.73 bits per heavy atom. The van der Waals surface area contributed by atoms with E-state index in [-0.39, 0.29) is 5.97 Å². The zero-order valence-electron chi connectivity index (χ0n) is 17.0. The van der Waals surface area contributed by atoms with Crippen LogP contribution in [0.4, 0.5) is 0 Å². The molecule has 1 aromatic heterocycles. The van der Waals surface area contributed by atoms with E-state index in [1.807, 2.05) is 18.2 Å². The Morgan fingerprint density at radius 1 is 0.933 bits per heavy atom. The average molecular weight is 396 g/mol. The highest BCUT2D eigenvalue weighted by molar-refractivity contribution is 5.95. The van der Waals surface area contributed by atoms with Crippen LogP contribution in [0.15, 0.2) is 78.9 Å². The summed E-state index contributed by atoms with van der Waals surface area (Å²) in [5.74, 6) is -0.291. The highest BCUT2D eigenvalue weighted by Crippen LogP contribution is 2.29. The van der Waals surface area contributed by atoms with Crippen molar-refractivity contribution in [3.05, 3.63) is 95.7 Å². The Hall–Kier alpha value is -3.37. The molecule has 0 amide bonds. The average Bonchev–Trinajstić information content (AvgIpc) is 3.16. The van der Waals surface area contributed by atoms with Crippen molar-refractivity contribution in [2.45, 2.75) is 19.6 Å². The monoisotopic (exact) mass is 396 g/mol. The van der Waals surface area contributed by atoms with Crippen LogP contribution in [0.25, 0.3) is 22.0 Å². The zero-order chi connectivity index (χ0) is 20.5. The van der Waals surface area contributed by atoms with Gasteiger partial charge in [0.15, 0.2) is 0 Å². The van der Waals surface area contributed by atoms with Crippen LogP contribution in [-0.4, -0.2) is 29.1 Å². The molecule has 2 heterocycles. The summed E-state index contributed by atoms with van der Waals surface area (Å²) in [5, 5.41) is 1.10. The molecule has 0 unspecified atom stereocenters. The summed E-state index contributed by atoms with van der Waals surface area (Å²) >= 11 is 0. The molecule has 0 saturated heterocycles. The Balaban J connectivity index is 1.41. The van der Waals surface area contributed by atoms with Crippen LogP contribution in [0.3, 0.4) is 0 Å². The molecule has 0 saturated carbocycles. The number of methoxy groups -OCH3 is 1. The number of nitrogens with zero attached hydrogens (tertiary/aromatic N) is 2. The van der Waals surface area contributed by atoms with Gasteiger partial charge in [-0.3, -0.25) is 4.90 Å². The minimum atomic E-state index is -0.291. The van der Waals surface area contributed by atoms with Crippen molar-refractivity contribution in [3.63, 3.8) is 0 Å². The predicted octanol–water partition coefficient (Wildman–Crippen LogP) is 5.11. The smallest absolute Gasteiger partial charge is 0.337 e. The molecule has 150 valence electrons. The van der Waals surface area contributed by atoms with Gasteiger partial charge in [0.1, 0.15) is 0 Å². The van der Waals surface area contributed by atoms with Crippen molar-refractivity contribution in [2.24, 2.45) is 0 Å². The van der Waals surface area contributed by atoms with Gasteiger partial charge in [-0.1, -0.05) is 54.6 Å². The molecular weight excluding hydrogens is 372 g/mol. The van der Waals surface area contributed by atoms with Gasteiger partial charge in [-0.15, -0.1) is 0 Å². The number of rotatable bonds is 4. The molecule has 0 radical (unpaired) electrons. The maximum absolute atomic E-state index is 11.9. The highest BCUT2D eigenvalue weighted by atomic mass is 16.5. The van der Waals surface area contributed by atoms with Gasteiger partial charge in [0.05, 0.1) is 12.7 Å². The Labute approximate surface area is 176 Å². The third kappa shape index (κ3) is 3.40. The molecule has 0 atom stereocenters. The minimum Gasteiger partial charge on any atom is -0.465 e. The molecule has 4 aromatic rings. The van der Waals surface area contributed by atoms with Crippen LogP contribution in [0.5, 0.6) is 0 Å². The minimum absolute atomic E-state index is 0.291.